The Balaban J connectivity index is 2.18. The van der Waals surface area contributed by atoms with E-state index in [0.29, 0.717) is 5.41 Å². The molecule has 1 aliphatic heterocycles. The molecule has 0 bridgehead atoms. The Labute approximate surface area is 70.8 Å². The first-order valence-corrected chi connectivity index (χ1v) is 4.78. The van der Waals surface area contributed by atoms with Crippen molar-refractivity contribution in [3.8, 4) is 0 Å². The maximum Gasteiger partial charge on any atom is 0.00478 e. The maximum absolute atomic E-state index is 2.56. The fourth-order valence-electron chi connectivity index (χ4n) is 1.90. The summed E-state index contributed by atoms with van der Waals surface area (Å²) in [5.41, 5.74) is 0.648. The van der Waals surface area contributed by atoms with Crippen LogP contribution >= 0.6 is 0 Å². The summed E-state index contributed by atoms with van der Waals surface area (Å²) in [4.78, 5) is 2.56. The molecule has 0 aromatic carbocycles. The number of hydrogen-bond donors (Lipinski definition) is 0. The molecule has 11 heavy (non-hydrogen) atoms. The average molecular weight is 155 g/mol. The van der Waals surface area contributed by atoms with Gasteiger partial charge in [-0.25, -0.2) is 0 Å². The molecule has 0 aromatic heterocycles. The van der Waals surface area contributed by atoms with Crippen molar-refractivity contribution in [3.05, 3.63) is 0 Å². The molecule has 1 aliphatic rings. The summed E-state index contributed by atoms with van der Waals surface area (Å²) in [6.45, 7) is 13.2. The van der Waals surface area contributed by atoms with E-state index in [1.807, 2.05) is 0 Å². The minimum absolute atomic E-state index is 0.648. The second-order valence-corrected chi connectivity index (χ2v) is 4.73. The van der Waals surface area contributed by atoms with E-state index in [4.69, 9.17) is 0 Å². The fourth-order valence-corrected chi connectivity index (χ4v) is 1.90. The summed E-state index contributed by atoms with van der Waals surface area (Å²) >= 11 is 0. The highest BCUT2D eigenvalue weighted by Gasteiger charge is 2.36. The quantitative estimate of drug-likeness (QED) is 0.605. The monoisotopic (exact) mass is 155 g/mol. The van der Waals surface area contributed by atoms with Crippen LogP contribution < -0.4 is 0 Å². The lowest BCUT2D eigenvalue weighted by Gasteiger charge is -2.48. The summed E-state index contributed by atoms with van der Waals surface area (Å²) < 4.78 is 0. The highest BCUT2D eigenvalue weighted by Crippen LogP contribution is 2.33. The van der Waals surface area contributed by atoms with Crippen LogP contribution in [0.3, 0.4) is 0 Å². The van der Waals surface area contributed by atoms with Gasteiger partial charge in [-0.3, -0.25) is 0 Å². The zero-order chi connectivity index (χ0) is 8.48. The van der Waals surface area contributed by atoms with E-state index in [1.165, 1.54) is 26.1 Å². The molecule has 1 rings (SSSR count). The molecule has 66 valence electrons. The molecule has 0 saturated carbocycles. The van der Waals surface area contributed by atoms with Gasteiger partial charge in [-0.05, 0) is 17.8 Å². The van der Waals surface area contributed by atoms with Gasteiger partial charge in [0.25, 0.3) is 0 Å². The van der Waals surface area contributed by atoms with Crippen molar-refractivity contribution in [1.29, 1.82) is 0 Å². The van der Waals surface area contributed by atoms with Crippen molar-refractivity contribution in [2.45, 2.75) is 34.1 Å². The van der Waals surface area contributed by atoms with Crippen LogP contribution in [-0.2, 0) is 0 Å². The van der Waals surface area contributed by atoms with Crippen molar-refractivity contribution in [3.63, 3.8) is 0 Å². The molecule has 0 spiro atoms. The van der Waals surface area contributed by atoms with Gasteiger partial charge >= 0.3 is 0 Å². The highest BCUT2D eigenvalue weighted by atomic mass is 15.2. The van der Waals surface area contributed by atoms with E-state index in [9.17, 15) is 0 Å². The minimum atomic E-state index is 0.648. The summed E-state index contributed by atoms with van der Waals surface area (Å²) in [7, 11) is 0. The van der Waals surface area contributed by atoms with Crippen molar-refractivity contribution in [1.82, 2.24) is 4.90 Å². The summed E-state index contributed by atoms with van der Waals surface area (Å²) in [6, 6.07) is 0. The molecule has 1 nitrogen and oxygen atoms in total. The van der Waals surface area contributed by atoms with Gasteiger partial charge in [0.05, 0.1) is 0 Å². The Hall–Kier alpha value is -0.0400. The molecular weight excluding hydrogens is 134 g/mol. The van der Waals surface area contributed by atoms with E-state index < -0.39 is 0 Å². The molecule has 0 N–H and O–H groups in total. The molecule has 0 amide bonds. The molecule has 1 heterocycles. The third-order valence-electron chi connectivity index (χ3n) is 2.69. The van der Waals surface area contributed by atoms with Crippen LogP contribution in [-0.4, -0.2) is 24.5 Å². The zero-order valence-electron chi connectivity index (χ0n) is 8.35. The maximum atomic E-state index is 2.56. The summed E-state index contributed by atoms with van der Waals surface area (Å²) in [5.74, 6) is 0.830. The lowest BCUT2D eigenvalue weighted by molar-refractivity contribution is 0.00467. The van der Waals surface area contributed by atoms with Gasteiger partial charge in [-0.1, -0.05) is 27.7 Å². The Morgan fingerprint density at radius 1 is 1.36 bits per heavy atom. The van der Waals surface area contributed by atoms with Gasteiger partial charge in [0.15, 0.2) is 0 Å². The molecule has 0 aromatic rings. The van der Waals surface area contributed by atoms with Crippen molar-refractivity contribution < 1.29 is 0 Å². The summed E-state index contributed by atoms with van der Waals surface area (Å²) in [5, 5.41) is 0. The normalized spacial score (nSPS) is 23.7. The lowest BCUT2D eigenvalue weighted by Crippen LogP contribution is -2.55. The van der Waals surface area contributed by atoms with E-state index in [0.717, 1.165) is 5.92 Å². The topological polar surface area (TPSA) is 3.24 Å². The molecule has 0 unspecified atom stereocenters. The molecule has 0 radical (unpaired) electrons. The van der Waals surface area contributed by atoms with Crippen molar-refractivity contribution in [2.24, 2.45) is 11.3 Å². The van der Waals surface area contributed by atoms with Crippen LogP contribution in [0, 0.1) is 11.3 Å². The SMILES string of the molecule is CCC1(C)CN(CC(C)C)C1. The Kier molecular flexibility index (Phi) is 2.58. The average Bonchev–Trinajstić information content (AvgIpc) is 1.83. The van der Waals surface area contributed by atoms with Crippen LogP contribution in [0.25, 0.3) is 0 Å². The predicted molar refractivity (Wildman–Crippen MR) is 49.7 cm³/mol. The molecule has 1 heteroatoms. The van der Waals surface area contributed by atoms with Gasteiger partial charge < -0.3 is 4.90 Å². The summed E-state index contributed by atoms with van der Waals surface area (Å²) in [6.07, 6.45) is 1.33. The third kappa shape index (κ3) is 2.19. The van der Waals surface area contributed by atoms with Crippen LogP contribution in [0.1, 0.15) is 34.1 Å². The molecule has 1 fully saturated rings. The smallest absolute Gasteiger partial charge is 0.00478 e. The first-order chi connectivity index (χ1) is 5.06. The highest BCUT2D eigenvalue weighted by molar-refractivity contribution is 4.90. The van der Waals surface area contributed by atoms with E-state index in [1.54, 1.807) is 0 Å². The van der Waals surface area contributed by atoms with Gasteiger partial charge in [-0.2, -0.15) is 0 Å². The molecule has 0 atom stereocenters. The van der Waals surface area contributed by atoms with Gasteiger partial charge in [-0.15, -0.1) is 0 Å². The number of rotatable bonds is 3. The molecule has 1 saturated heterocycles. The molecular formula is C10H21N. The fraction of sp³-hybridized carbons (Fsp3) is 1.00. The zero-order valence-corrected chi connectivity index (χ0v) is 8.35. The second-order valence-electron chi connectivity index (χ2n) is 4.73. The van der Waals surface area contributed by atoms with Crippen LogP contribution in [0.4, 0.5) is 0 Å². The Morgan fingerprint density at radius 3 is 2.27 bits per heavy atom. The first kappa shape index (κ1) is 9.05. The van der Waals surface area contributed by atoms with Crippen LogP contribution in [0.15, 0.2) is 0 Å². The molecule has 0 aliphatic carbocycles. The van der Waals surface area contributed by atoms with Crippen LogP contribution in [0.5, 0.6) is 0 Å². The van der Waals surface area contributed by atoms with Crippen molar-refractivity contribution >= 4 is 0 Å². The van der Waals surface area contributed by atoms with E-state index in [2.05, 4.69) is 32.6 Å². The largest absolute Gasteiger partial charge is 0.302 e. The van der Waals surface area contributed by atoms with Gasteiger partial charge in [0, 0.05) is 19.6 Å². The number of hydrogen-bond acceptors (Lipinski definition) is 1. The lowest BCUT2D eigenvalue weighted by atomic mass is 9.79. The minimum Gasteiger partial charge on any atom is -0.302 e. The predicted octanol–water partition coefficient (Wildman–Crippen LogP) is 2.37. The second kappa shape index (κ2) is 3.14. The Morgan fingerprint density at radius 2 is 1.91 bits per heavy atom. The number of nitrogens with zero attached hydrogens (tertiary/aromatic N) is 1. The van der Waals surface area contributed by atoms with E-state index in [-0.39, 0.29) is 0 Å². The standard InChI is InChI=1S/C10H21N/c1-5-10(4)7-11(8-10)6-9(2)3/h9H,5-8H2,1-4H3. The first-order valence-electron chi connectivity index (χ1n) is 4.78. The van der Waals surface area contributed by atoms with Crippen molar-refractivity contribution in [2.75, 3.05) is 19.6 Å². The van der Waals surface area contributed by atoms with E-state index >= 15 is 0 Å². The van der Waals surface area contributed by atoms with Crippen LogP contribution in [0.2, 0.25) is 0 Å². The van der Waals surface area contributed by atoms with Gasteiger partial charge in [0.1, 0.15) is 0 Å². The number of likely N-dealkylation sites (tertiary alicyclic amines) is 1. The van der Waals surface area contributed by atoms with Gasteiger partial charge in [0.2, 0.25) is 0 Å². The third-order valence-corrected chi connectivity index (χ3v) is 2.69. The Bertz CT molecular complexity index is 123.